The van der Waals surface area contributed by atoms with Crippen LogP contribution in [0.2, 0.25) is 0 Å². The van der Waals surface area contributed by atoms with Crippen LogP contribution in [0.4, 0.5) is 0 Å². The molecular weight excluding hydrogens is 514 g/mol. The van der Waals surface area contributed by atoms with Gasteiger partial charge in [-0.2, -0.15) is 0 Å². The molecule has 0 aliphatic heterocycles. The van der Waals surface area contributed by atoms with Crippen molar-refractivity contribution in [2.24, 2.45) is 0 Å². The van der Waals surface area contributed by atoms with Crippen molar-refractivity contribution < 1.29 is 4.42 Å². The predicted molar refractivity (Wildman–Crippen MR) is 172 cm³/mol. The average Bonchev–Trinajstić information content (AvgIpc) is 3.58. The summed E-state index contributed by atoms with van der Waals surface area (Å²) in [6.45, 7) is 0. The second-order valence-corrected chi connectivity index (χ2v) is 10.6. The molecule has 4 nitrogen and oxygen atoms in total. The number of para-hydroxylation sites is 2. The van der Waals surface area contributed by atoms with Gasteiger partial charge in [-0.25, -0.2) is 9.97 Å². The molecule has 0 unspecified atom stereocenters. The van der Waals surface area contributed by atoms with Crippen LogP contribution in [0.5, 0.6) is 0 Å². The number of hydrogen-bond acceptors (Lipinski definition) is 3. The maximum atomic E-state index is 6.30. The number of aromatic nitrogens is 3. The Morgan fingerprint density at radius 1 is 0.429 bits per heavy atom. The lowest BCUT2D eigenvalue weighted by molar-refractivity contribution is 0.669. The summed E-state index contributed by atoms with van der Waals surface area (Å²) in [6.07, 6.45) is 0. The number of furan rings is 1. The van der Waals surface area contributed by atoms with Crippen LogP contribution in [0.15, 0.2) is 144 Å². The highest BCUT2D eigenvalue weighted by molar-refractivity contribution is 6.17. The number of hydrogen-bond donors (Lipinski definition) is 0. The summed E-state index contributed by atoms with van der Waals surface area (Å²) >= 11 is 0. The Morgan fingerprint density at radius 3 is 1.83 bits per heavy atom. The molecular formula is C38H23N3O. The molecule has 0 fully saturated rings. The van der Waals surface area contributed by atoms with E-state index in [-0.39, 0.29) is 0 Å². The molecule has 4 heteroatoms. The largest absolute Gasteiger partial charge is 0.456 e. The Morgan fingerprint density at radius 2 is 1.07 bits per heavy atom. The van der Waals surface area contributed by atoms with E-state index in [9.17, 15) is 0 Å². The first-order valence-corrected chi connectivity index (χ1v) is 14.1. The Bertz CT molecular complexity index is 2460. The third-order valence-corrected chi connectivity index (χ3v) is 8.17. The van der Waals surface area contributed by atoms with Crippen LogP contribution in [-0.4, -0.2) is 14.5 Å². The molecule has 0 N–H and O–H groups in total. The van der Waals surface area contributed by atoms with Crippen molar-refractivity contribution in [1.29, 1.82) is 0 Å². The van der Waals surface area contributed by atoms with Crippen LogP contribution in [0.1, 0.15) is 0 Å². The van der Waals surface area contributed by atoms with Crippen LogP contribution in [0.3, 0.4) is 0 Å². The summed E-state index contributed by atoms with van der Waals surface area (Å²) in [7, 11) is 0. The minimum absolute atomic E-state index is 0.849. The van der Waals surface area contributed by atoms with Gasteiger partial charge < -0.3 is 8.98 Å². The minimum Gasteiger partial charge on any atom is -0.456 e. The third-order valence-electron chi connectivity index (χ3n) is 8.17. The molecule has 0 aliphatic carbocycles. The Balaban J connectivity index is 1.32. The van der Waals surface area contributed by atoms with E-state index in [2.05, 4.69) is 95.6 Å². The summed E-state index contributed by atoms with van der Waals surface area (Å²) in [5, 5.41) is 4.66. The van der Waals surface area contributed by atoms with Crippen LogP contribution >= 0.6 is 0 Å². The van der Waals surface area contributed by atoms with Crippen LogP contribution in [-0.2, 0) is 0 Å². The van der Waals surface area contributed by atoms with E-state index < -0.39 is 0 Å². The number of rotatable bonds is 3. The standard InChI is InChI=1S/C38H23N3O/c1-3-11-24(12-4-1)37-38(25-13-5-2-6-14-25)40-32-21-26(19-20-31(32)39-37)41-33-17-9-7-15-27(33)29-22-30-28-16-8-10-18-35(28)42-36(30)23-34(29)41/h1-23H. The lowest BCUT2D eigenvalue weighted by Crippen LogP contribution is -1.98. The van der Waals surface area contributed by atoms with Gasteiger partial charge in [0, 0.05) is 44.4 Å². The third kappa shape index (κ3) is 3.42. The molecule has 0 amide bonds. The van der Waals surface area contributed by atoms with E-state index in [4.69, 9.17) is 14.4 Å². The summed E-state index contributed by atoms with van der Waals surface area (Å²) in [4.78, 5) is 10.4. The van der Waals surface area contributed by atoms with E-state index in [1.165, 1.54) is 10.8 Å². The van der Waals surface area contributed by atoms with Gasteiger partial charge in [-0.15, -0.1) is 0 Å². The minimum atomic E-state index is 0.849. The molecule has 0 bridgehead atoms. The van der Waals surface area contributed by atoms with E-state index in [1.807, 2.05) is 48.5 Å². The van der Waals surface area contributed by atoms with E-state index >= 15 is 0 Å². The van der Waals surface area contributed by atoms with Gasteiger partial charge in [0.1, 0.15) is 11.2 Å². The van der Waals surface area contributed by atoms with E-state index in [0.717, 1.165) is 72.2 Å². The summed E-state index contributed by atoms with van der Waals surface area (Å²) in [5.41, 5.74) is 10.6. The zero-order valence-corrected chi connectivity index (χ0v) is 22.5. The fraction of sp³-hybridized carbons (Fsp3) is 0. The van der Waals surface area contributed by atoms with Gasteiger partial charge in [-0.05, 0) is 36.4 Å². The molecule has 0 atom stereocenters. The summed E-state index contributed by atoms with van der Waals surface area (Å²) in [6, 6.07) is 48.2. The second kappa shape index (κ2) is 8.88. The van der Waals surface area contributed by atoms with E-state index in [1.54, 1.807) is 0 Å². The molecule has 42 heavy (non-hydrogen) atoms. The van der Waals surface area contributed by atoms with Crippen LogP contribution in [0.25, 0.3) is 83.0 Å². The molecule has 6 aromatic carbocycles. The SMILES string of the molecule is c1ccc(-c2nc3ccc(-n4c5ccccc5c5cc6c(cc54)oc4ccccc46)cc3nc2-c2ccccc2)cc1. The summed E-state index contributed by atoms with van der Waals surface area (Å²) in [5.74, 6) is 0. The maximum Gasteiger partial charge on any atom is 0.137 e. The van der Waals surface area contributed by atoms with Crippen molar-refractivity contribution >= 4 is 54.8 Å². The van der Waals surface area contributed by atoms with Crippen LogP contribution in [0, 0.1) is 0 Å². The number of benzene rings is 6. The maximum absolute atomic E-state index is 6.30. The van der Waals surface area contributed by atoms with Crippen molar-refractivity contribution in [3.63, 3.8) is 0 Å². The Hall–Kier alpha value is -5.74. The predicted octanol–water partition coefficient (Wildman–Crippen LogP) is 9.96. The van der Waals surface area contributed by atoms with Gasteiger partial charge in [-0.3, -0.25) is 0 Å². The second-order valence-electron chi connectivity index (χ2n) is 10.6. The highest BCUT2D eigenvalue weighted by Crippen LogP contribution is 2.39. The monoisotopic (exact) mass is 537 g/mol. The fourth-order valence-corrected chi connectivity index (χ4v) is 6.24. The van der Waals surface area contributed by atoms with Crippen molar-refractivity contribution in [1.82, 2.24) is 14.5 Å². The normalized spacial score (nSPS) is 11.8. The first-order valence-electron chi connectivity index (χ1n) is 14.1. The van der Waals surface area contributed by atoms with Crippen molar-refractivity contribution in [2.75, 3.05) is 0 Å². The van der Waals surface area contributed by atoms with Crippen molar-refractivity contribution in [2.45, 2.75) is 0 Å². The molecule has 9 rings (SSSR count). The highest BCUT2D eigenvalue weighted by Gasteiger charge is 2.18. The lowest BCUT2D eigenvalue weighted by Gasteiger charge is -2.13. The average molecular weight is 538 g/mol. The molecule has 0 aliphatic rings. The smallest absolute Gasteiger partial charge is 0.137 e. The van der Waals surface area contributed by atoms with Gasteiger partial charge in [0.25, 0.3) is 0 Å². The Labute approximate surface area is 241 Å². The molecule has 3 heterocycles. The number of fused-ring (bicyclic) bond motifs is 7. The van der Waals surface area contributed by atoms with Crippen molar-refractivity contribution in [3.8, 4) is 28.2 Å². The zero-order valence-electron chi connectivity index (χ0n) is 22.5. The molecule has 0 spiro atoms. The summed E-state index contributed by atoms with van der Waals surface area (Å²) < 4.78 is 8.61. The van der Waals surface area contributed by atoms with Gasteiger partial charge in [-0.1, -0.05) is 97.1 Å². The molecule has 196 valence electrons. The fourth-order valence-electron chi connectivity index (χ4n) is 6.24. The van der Waals surface area contributed by atoms with Gasteiger partial charge in [0.2, 0.25) is 0 Å². The van der Waals surface area contributed by atoms with Gasteiger partial charge in [0.15, 0.2) is 0 Å². The van der Waals surface area contributed by atoms with E-state index in [0.29, 0.717) is 0 Å². The molecule has 0 saturated carbocycles. The zero-order chi connectivity index (χ0) is 27.6. The topological polar surface area (TPSA) is 43.9 Å². The van der Waals surface area contributed by atoms with Gasteiger partial charge >= 0.3 is 0 Å². The van der Waals surface area contributed by atoms with Crippen molar-refractivity contribution in [3.05, 3.63) is 140 Å². The Kier molecular flexibility index (Phi) is 4.87. The van der Waals surface area contributed by atoms with Gasteiger partial charge in [0.05, 0.1) is 33.5 Å². The lowest BCUT2D eigenvalue weighted by atomic mass is 10.0. The molecule has 9 aromatic rings. The molecule has 0 saturated heterocycles. The molecule has 0 radical (unpaired) electrons. The quantitative estimate of drug-likeness (QED) is 0.225. The highest BCUT2D eigenvalue weighted by atomic mass is 16.3. The first-order chi connectivity index (χ1) is 20.8. The number of nitrogens with zero attached hydrogens (tertiary/aromatic N) is 3. The molecule has 3 aromatic heterocycles. The van der Waals surface area contributed by atoms with Crippen LogP contribution < -0.4 is 0 Å². The first kappa shape index (κ1) is 23.0.